The van der Waals surface area contributed by atoms with Gasteiger partial charge in [0, 0.05) is 15.1 Å². The van der Waals surface area contributed by atoms with Gasteiger partial charge in [-0.1, -0.05) is 29.3 Å². The van der Waals surface area contributed by atoms with Crippen LogP contribution in [0.25, 0.3) is 16.2 Å². The third-order valence-corrected chi connectivity index (χ3v) is 6.28. The van der Waals surface area contributed by atoms with Crippen LogP contribution in [0.2, 0.25) is 10.0 Å². The van der Waals surface area contributed by atoms with Gasteiger partial charge in [-0.3, -0.25) is 0 Å². The van der Waals surface area contributed by atoms with Gasteiger partial charge in [-0.05, 0) is 35.9 Å². The number of cyclic esters (lactones) is 1. The largest absolute Gasteiger partial charge is 0.493 e. The van der Waals surface area contributed by atoms with Crippen LogP contribution in [0.5, 0.6) is 17.2 Å². The molecule has 0 spiro atoms. The van der Waals surface area contributed by atoms with Gasteiger partial charge in [-0.2, -0.15) is 0 Å². The number of fused-ring (bicyclic) bond motifs is 1. The maximum atomic E-state index is 12.4. The Morgan fingerprint density at radius 3 is 2.37 bits per heavy atom. The fraction of sp³-hybridized carbons (Fsp3) is 0.143. The van der Waals surface area contributed by atoms with Gasteiger partial charge in [0.15, 0.2) is 17.2 Å². The summed E-state index contributed by atoms with van der Waals surface area (Å²) >= 11 is 13.9. The monoisotopic (exact) mass is 463 g/mol. The number of rotatable bonds is 5. The molecule has 2 aromatic carbocycles. The second kappa shape index (κ2) is 8.18. The average molecular weight is 464 g/mol. The number of carbonyl (C=O) groups is 1. The fourth-order valence-electron chi connectivity index (χ4n) is 3.03. The van der Waals surface area contributed by atoms with Crippen molar-refractivity contribution >= 4 is 62.6 Å². The first kappa shape index (κ1) is 20.5. The lowest BCUT2D eigenvalue weighted by Crippen LogP contribution is -2.04. The van der Waals surface area contributed by atoms with E-state index in [-0.39, 0.29) is 11.6 Å². The molecule has 9 heteroatoms. The van der Waals surface area contributed by atoms with E-state index in [9.17, 15) is 4.79 Å². The first-order valence-corrected chi connectivity index (χ1v) is 10.2. The maximum Gasteiger partial charge on any atom is 0.363 e. The Labute approximate surface area is 186 Å². The van der Waals surface area contributed by atoms with Gasteiger partial charge in [0.05, 0.1) is 26.4 Å². The highest BCUT2D eigenvalue weighted by Gasteiger charge is 2.28. The zero-order valence-corrected chi connectivity index (χ0v) is 18.4. The summed E-state index contributed by atoms with van der Waals surface area (Å²) in [6.45, 7) is 0. The molecule has 0 saturated carbocycles. The SMILES string of the molecule is COc1cc(/C=C2\N=C(c3sc4cc(Cl)ccc4c3Cl)OC2=O)cc(OC)c1OC. The number of carbonyl (C=O) groups excluding carboxylic acids is 1. The second-order valence-electron chi connectivity index (χ2n) is 6.18. The molecule has 1 aliphatic heterocycles. The number of aliphatic imine (C=N–C) groups is 1. The van der Waals surface area contributed by atoms with Crippen molar-refractivity contribution in [1.29, 1.82) is 0 Å². The average Bonchev–Trinajstić information content (AvgIpc) is 3.26. The molecule has 0 saturated heterocycles. The summed E-state index contributed by atoms with van der Waals surface area (Å²) < 4.78 is 22.3. The molecular formula is C21H15Cl2NO5S. The van der Waals surface area contributed by atoms with Crippen LogP contribution >= 0.6 is 34.5 Å². The Morgan fingerprint density at radius 1 is 1.03 bits per heavy atom. The molecule has 0 bridgehead atoms. The van der Waals surface area contributed by atoms with Gasteiger partial charge >= 0.3 is 5.97 Å². The van der Waals surface area contributed by atoms with Crippen LogP contribution in [0.1, 0.15) is 10.4 Å². The standard InChI is InChI=1S/C21H15Cl2NO5S/c1-26-14-7-10(8-15(27-2)18(14)28-3)6-13-21(25)29-20(24-13)19-17(23)12-5-4-11(22)9-16(12)30-19/h4-9H,1-3H3/b13-6-. The molecule has 1 aliphatic rings. The molecule has 6 nitrogen and oxygen atoms in total. The highest BCUT2D eigenvalue weighted by Crippen LogP contribution is 2.40. The molecule has 1 aromatic heterocycles. The molecule has 0 N–H and O–H groups in total. The number of benzene rings is 2. The highest BCUT2D eigenvalue weighted by atomic mass is 35.5. The summed E-state index contributed by atoms with van der Waals surface area (Å²) in [6.07, 6.45) is 1.58. The quantitative estimate of drug-likeness (QED) is 0.365. The van der Waals surface area contributed by atoms with E-state index >= 15 is 0 Å². The van der Waals surface area contributed by atoms with E-state index in [2.05, 4.69) is 4.99 Å². The normalized spacial score (nSPS) is 14.8. The maximum absolute atomic E-state index is 12.4. The molecule has 0 amide bonds. The molecule has 30 heavy (non-hydrogen) atoms. The first-order chi connectivity index (χ1) is 14.4. The zero-order valence-electron chi connectivity index (χ0n) is 16.1. The van der Waals surface area contributed by atoms with Crippen LogP contribution in [-0.2, 0) is 9.53 Å². The number of methoxy groups -OCH3 is 3. The minimum atomic E-state index is -0.578. The van der Waals surface area contributed by atoms with Crippen LogP contribution in [0.4, 0.5) is 0 Å². The topological polar surface area (TPSA) is 66.4 Å². The predicted molar refractivity (Wildman–Crippen MR) is 119 cm³/mol. The summed E-state index contributed by atoms with van der Waals surface area (Å²) in [5.74, 6) is 0.953. The zero-order chi connectivity index (χ0) is 21.4. The van der Waals surface area contributed by atoms with Crippen LogP contribution in [0.15, 0.2) is 41.0 Å². The molecule has 2 heterocycles. The van der Waals surface area contributed by atoms with Crippen molar-refractivity contribution in [2.75, 3.05) is 21.3 Å². The molecule has 0 unspecified atom stereocenters. The molecule has 3 aromatic rings. The summed E-state index contributed by atoms with van der Waals surface area (Å²) in [5.41, 5.74) is 0.765. The minimum Gasteiger partial charge on any atom is -0.493 e. The van der Waals surface area contributed by atoms with Crippen molar-refractivity contribution < 1.29 is 23.7 Å². The molecule has 0 radical (unpaired) electrons. The molecule has 0 fully saturated rings. The Bertz CT molecular complexity index is 1210. The van der Waals surface area contributed by atoms with E-state index in [1.54, 1.807) is 30.3 Å². The van der Waals surface area contributed by atoms with E-state index in [0.717, 1.165) is 10.1 Å². The number of ether oxygens (including phenoxy) is 4. The van der Waals surface area contributed by atoms with Gasteiger partial charge in [-0.15, -0.1) is 11.3 Å². The second-order valence-corrected chi connectivity index (χ2v) is 8.05. The van der Waals surface area contributed by atoms with E-state index < -0.39 is 5.97 Å². The number of halogens is 2. The molecular weight excluding hydrogens is 449 g/mol. The molecule has 0 atom stereocenters. The number of esters is 1. The fourth-order valence-corrected chi connectivity index (χ4v) is 4.74. The summed E-state index contributed by atoms with van der Waals surface area (Å²) in [6, 6.07) is 8.81. The van der Waals surface area contributed by atoms with Gasteiger partial charge in [0.1, 0.15) is 4.88 Å². The van der Waals surface area contributed by atoms with Crippen molar-refractivity contribution in [3.63, 3.8) is 0 Å². The Kier molecular flexibility index (Phi) is 5.60. The van der Waals surface area contributed by atoms with E-state index in [4.69, 9.17) is 42.1 Å². The minimum absolute atomic E-state index is 0.130. The molecule has 154 valence electrons. The summed E-state index contributed by atoms with van der Waals surface area (Å²) in [4.78, 5) is 17.3. The Hall–Kier alpha value is -2.74. The van der Waals surface area contributed by atoms with Gasteiger partial charge < -0.3 is 18.9 Å². The summed E-state index contributed by atoms with van der Waals surface area (Å²) in [5, 5.41) is 1.88. The predicted octanol–water partition coefficient (Wildman–Crippen LogP) is 5.58. The van der Waals surface area contributed by atoms with Crippen LogP contribution in [0, 0.1) is 0 Å². The van der Waals surface area contributed by atoms with Gasteiger partial charge in [-0.25, -0.2) is 9.79 Å². The first-order valence-electron chi connectivity index (χ1n) is 8.65. The number of thiophene rings is 1. The Balaban J connectivity index is 1.76. The molecule has 0 aliphatic carbocycles. The van der Waals surface area contributed by atoms with E-state index in [0.29, 0.717) is 37.7 Å². The van der Waals surface area contributed by atoms with Crippen LogP contribution in [-0.4, -0.2) is 33.2 Å². The number of hydrogen-bond donors (Lipinski definition) is 0. The smallest absolute Gasteiger partial charge is 0.363 e. The third kappa shape index (κ3) is 3.60. The van der Waals surface area contributed by atoms with Gasteiger partial charge in [0.2, 0.25) is 11.6 Å². The van der Waals surface area contributed by atoms with Crippen molar-refractivity contribution in [2.24, 2.45) is 4.99 Å². The number of nitrogens with zero attached hydrogens (tertiary/aromatic N) is 1. The highest BCUT2D eigenvalue weighted by molar-refractivity contribution is 7.21. The van der Waals surface area contributed by atoms with Crippen molar-refractivity contribution in [1.82, 2.24) is 0 Å². The van der Waals surface area contributed by atoms with Crippen molar-refractivity contribution in [3.8, 4) is 17.2 Å². The van der Waals surface area contributed by atoms with E-state index in [1.807, 2.05) is 6.07 Å². The third-order valence-electron chi connectivity index (χ3n) is 4.40. The lowest BCUT2D eigenvalue weighted by molar-refractivity contribution is -0.129. The summed E-state index contributed by atoms with van der Waals surface area (Å²) in [7, 11) is 4.55. The number of hydrogen-bond acceptors (Lipinski definition) is 7. The Morgan fingerprint density at radius 2 is 1.73 bits per heavy atom. The van der Waals surface area contributed by atoms with E-state index in [1.165, 1.54) is 32.7 Å². The lowest BCUT2D eigenvalue weighted by Gasteiger charge is -2.12. The van der Waals surface area contributed by atoms with Crippen molar-refractivity contribution in [2.45, 2.75) is 0 Å². The van der Waals surface area contributed by atoms with Crippen LogP contribution in [0.3, 0.4) is 0 Å². The molecule has 4 rings (SSSR count). The van der Waals surface area contributed by atoms with Crippen molar-refractivity contribution in [3.05, 3.63) is 56.5 Å². The lowest BCUT2D eigenvalue weighted by atomic mass is 10.1. The van der Waals surface area contributed by atoms with Gasteiger partial charge in [0.25, 0.3) is 0 Å². The van der Waals surface area contributed by atoms with Crippen LogP contribution < -0.4 is 14.2 Å².